The van der Waals surface area contributed by atoms with Gasteiger partial charge in [0.15, 0.2) is 0 Å². The number of nitrogens with one attached hydrogen (secondary N) is 2. The lowest BCUT2D eigenvalue weighted by molar-refractivity contribution is 0.601. The van der Waals surface area contributed by atoms with Crippen LogP contribution in [0.1, 0.15) is 13.3 Å². The molecule has 0 aliphatic heterocycles. The SMILES string of the molecule is CCCNc1cc(S(=O)(=O)Nc2nncs2)ccn1. The first-order chi connectivity index (χ1) is 9.12. The maximum atomic E-state index is 12.1. The lowest BCUT2D eigenvalue weighted by Gasteiger charge is -2.07. The predicted molar refractivity (Wildman–Crippen MR) is 73.7 cm³/mol. The number of sulfonamides is 1. The first kappa shape index (κ1) is 13.7. The Balaban J connectivity index is 2.20. The van der Waals surface area contributed by atoms with Crippen molar-refractivity contribution in [2.75, 3.05) is 16.6 Å². The highest BCUT2D eigenvalue weighted by Crippen LogP contribution is 2.18. The van der Waals surface area contributed by atoms with E-state index in [1.165, 1.54) is 23.8 Å². The highest BCUT2D eigenvalue weighted by Gasteiger charge is 2.16. The Bertz CT molecular complexity index is 627. The van der Waals surface area contributed by atoms with Crippen molar-refractivity contribution in [3.8, 4) is 0 Å². The Morgan fingerprint density at radius 1 is 1.42 bits per heavy atom. The van der Waals surface area contributed by atoms with E-state index in [1.807, 2.05) is 6.92 Å². The summed E-state index contributed by atoms with van der Waals surface area (Å²) >= 11 is 1.12. The third-order valence-electron chi connectivity index (χ3n) is 2.18. The predicted octanol–water partition coefficient (Wildman–Crippen LogP) is 1.56. The molecule has 0 saturated carbocycles. The molecule has 2 heterocycles. The van der Waals surface area contributed by atoms with Gasteiger partial charge in [-0.15, -0.1) is 10.2 Å². The van der Waals surface area contributed by atoms with Crippen molar-refractivity contribution in [3.05, 3.63) is 23.8 Å². The number of aromatic nitrogens is 3. The molecule has 0 aliphatic carbocycles. The number of hydrogen-bond donors (Lipinski definition) is 2. The van der Waals surface area contributed by atoms with E-state index >= 15 is 0 Å². The monoisotopic (exact) mass is 299 g/mol. The van der Waals surface area contributed by atoms with Crippen molar-refractivity contribution in [1.82, 2.24) is 15.2 Å². The highest BCUT2D eigenvalue weighted by atomic mass is 32.2. The second kappa shape index (κ2) is 5.93. The van der Waals surface area contributed by atoms with E-state index in [1.54, 1.807) is 0 Å². The number of anilines is 2. The van der Waals surface area contributed by atoms with Gasteiger partial charge in [0, 0.05) is 18.8 Å². The summed E-state index contributed by atoms with van der Waals surface area (Å²) in [7, 11) is -3.65. The summed E-state index contributed by atoms with van der Waals surface area (Å²) in [6.45, 7) is 2.75. The zero-order valence-corrected chi connectivity index (χ0v) is 11.8. The van der Waals surface area contributed by atoms with E-state index in [2.05, 4.69) is 25.2 Å². The van der Waals surface area contributed by atoms with Crippen LogP contribution in [0, 0.1) is 0 Å². The van der Waals surface area contributed by atoms with Gasteiger partial charge in [-0.3, -0.25) is 4.72 Å². The first-order valence-corrected chi connectivity index (χ1v) is 7.97. The first-order valence-electron chi connectivity index (χ1n) is 5.61. The summed E-state index contributed by atoms with van der Waals surface area (Å²) < 4.78 is 26.6. The molecule has 0 saturated heterocycles. The van der Waals surface area contributed by atoms with E-state index < -0.39 is 10.0 Å². The molecule has 2 aromatic rings. The standard InChI is InChI=1S/C10H13N5O2S2/c1-2-4-11-9-6-8(3-5-12-9)19(16,17)15-10-14-13-7-18-10/h3,5-7H,2,4H2,1H3,(H,11,12)(H,14,15). The van der Waals surface area contributed by atoms with Gasteiger partial charge in [-0.25, -0.2) is 13.4 Å². The summed E-state index contributed by atoms with van der Waals surface area (Å²) in [5.74, 6) is 0.530. The van der Waals surface area contributed by atoms with Crippen molar-refractivity contribution in [2.24, 2.45) is 0 Å². The van der Waals surface area contributed by atoms with Crippen molar-refractivity contribution >= 4 is 32.3 Å². The molecule has 0 aliphatic rings. The Hall–Kier alpha value is -1.74. The maximum Gasteiger partial charge on any atom is 0.263 e. The fourth-order valence-corrected chi connectivity index (χ4v) is 3.02. The molecule has 2 rings (SSSR count). The van der Waals surface area contributed by atoms with Crippen LogP contribution in [-0.4, -0.2) is 30.1 Å². The third kappa shape index (κ3) is 3.61. The fraction of sp³-hybridized carbons (Fsp3) is 0.300. The lowest BCUT2D eigenvalue weighted by Crippen LogP contribution is -2.13. The van der Waals surface area contributed by atoms with Crippen LogP contribution in [0.25, 0.3) is 0 Å². The Morgan fingerprint density at radius 3 is 2.95 bits per heavy atom. The highest BCUT2D eigenvalue weighted by molar-refractivity contribution is 7.93. The molecule has 0 spiro atoms. The molecule has 0 aromatic carbocycles. The molecule has 0 fully saturated rings. The summed E-state index contributed by atoms with van der Waals surface area (Å²) in [6.07, 6.45) is 2.38. The topological polar surface area (TPSA) is 96.9 Å². The normalized spacial score (nSPS) is 11.2. The van der Waals surface area contributed by atoms with Gasteiger partial charge in [-0.05, 0) is 12.5 Å². The van der Waals surface area contributed by atoms with E-state index in [9.17, 15) is 8.42 Å². The molecule has 2 aromatic heterocycles. The number of nitrogens with zero attached hydrogens (tertiary/aromatic N) is 3. The minimum atomic E-state index is -3.65. The van der Waals surface area contributed by atoms with Gasteiger partial charge in [-0.2, -0.15) is 0 Å². The van der Waals surface area contributed by atoms with Gasteiger partial charge in [0.1, 0.15) is 11.3 Å². The van der Waals surface area contributed by atoms with Crippen LogP contribution in [0.2, 0.25) is 0 Å². The summed E-state index contributed by atoms with van der Waals surface area (Å²) in [4.78, 5) is 4.19. The Kier molecular flexibility index (Phi) is 4.27. The van der Waals surface area contributed by atoms with Crippen molar-refractivity contribution in [3.63, 3.8) is 0 Å². The van der Waals surface area contributed by atoms with Crippen LogP contribution in [0.15, 0.2) is 28.7 Å². The number of pyridine rings is 1. The largest absolute Gasteiger partial charge is 0.370 e. The van der Waals surface area contributed by atoms with Gasteiger partial charge in [0.05, 0.1) is 4.90 Å². The van der Waals surface area contributed by atoms with Crippen LogP contribution < -0.4 is 10.0 Å². The molecule has 2 N–H and O–H groups in total. The summed E-state index contributed by atoms with van der Waals surface area (Å²) in [5, 5.41) is 10.5. The molecule has 102 valence electrons. The molecular weight excluding hydrogens is 286 g/mol. The zero-order valence-electron chi connectivity index (χ0n) is 10.2. The Labute approximate surface area is 115 Å². The molecule has 0 bridgehead atoms. The minimum absolute atomic E-state index is 0.135. The van der Waals surface area contributed by atoms with Crippen LogP contribution >= 0.6 is 11.3 Å². The van der Waals surface area contributed by atoms with Crippen molar-refractivity contribution < 1.29 is 8.42 Å². The van der Waals surface area contributed by atoms with E-state index in [-0.39, 0.29) is 10.0 Å². The zero-order chi connectivity index (χ0) is 13.7. The second-order valence-electron chi connectivity index (χ2n) is 3.65. The van der Waals surface area contributed by atoms with Gasteiger partial charge >= 0.3 is 0 Å². The van der Waals surface area contributed by atoms with Crippen LogP contribution in [-0.2, 0) is 10.0 Å². The van der Waals surface area contributed by atoms with Gasteiger partial charge in [0.25, 0.3) is 10.0 Å². The quantitative estimate of drug-likeness (QED) is 0.840. The average molecular weight is 299 g/mol. The summed E-state index contributed by atoms with van der Waals surface area (Å²) in [6, 6.07) is 2.92. The van der Waals surface area contributed by atoms with Crippen LogP contribution in [0.3, 0.4) is 0 Å². The van der Waals surface area contributed by atoms with Crippen LogP contribution in [0.5, 0.6) is 0 Å². The molecule has 19 heavy (non-hydrogen) atoms. The van der Waals surface area contributed by atoms with Crippen LogP contribution in [0.4, 0.5) is 10.9 Å². The summed E-state index contributed by atoms with van der Waals surface area (Å²) in [5.41, 5.74) is 1.46. The van der Waals surface area contributed by atoms with Gasteiger partial charge < -0.3 is 5.32 Å². The molecule has 0 atom stereocenters. The Morgan fingerprint density at radius 2 is 2.26 bits per heavy atom. The average Bonchev–Trinajstić information content (AvgIpc) is 2.89. The number of hydrogen-bond acceptors (Lipinski definition) is 7. The lowest BCUT2D eigenvalue weighted by atomic mass is 10.4. The van der Waals surface area contributed by atoms with Gasteiger partial charge in [-0.1, -0.05) is 18.3 Å². The molecule has 0 unspecified atom stereocenters. The van der Waals surface area contributed by atoms with Gasteiger partial charge in [0.2, 0.25) is 5.13 Å². The fourth-order valence-electron chi connectivity index (χ4n) is 1.32. The second-order valence-corrected chi connectivity index (χ2v) is 6.17. The van der Waals surface area contributed by atoms with Crippen molar-refractivity contribution in [2.45, 2.75) is 18.2 Å². The maximum absolute atomic E-state index is 12.1. The molecule has 0 amide bonds. The molecular formula is C10H13N5O2S2. The van der Waals surface area contributed by atoms with E-state index in [4.69, 9.17) is 0 Å². The molecule has 9 heteroatoms. The molecule has 0 radical (unpaired) electrons. The van der Waals surface area contributed by atoms with Crippen molar-refractivity contribution in [1.29, 1.82) is 0 Å². The van der Waals surface area contributed by atoms with E-state index in [0.29, 0.717) is 5.82 Å². The minimum Gasteiger partial charge on any atom is -0.370 e. The smallest absolute Gasteiger partial charge is 0.263 e. The third-order valence-corrected chi connectivity index (χ3v) is 4.25. The number of rotatable bonds is 6. The van der Waals surface area contributed by atoms with E-state index in [0.717, 1.165) is 24.3 Å². The molecule has 7 nitrogen and oxygen atoms in total.